The summed E-state index contributed by atoms with van der Waals surface area (Å²) in [7, 11) is 0. The van der Waals surface area contributed by atoms with Crippen LogP contribution in [0.3, 0.4) is 0 Å². The predicted octanol–water partition coefficient (Wildman–Crippen LogP) is 3.08. The predicted molar refractivity (Wildman–Crippen MR) is 54.8 cm³/mol. The lowest BCUT2D eigenvalue weighted by Crippen LogP contribution is -1.91. The van der Waals surface area contributed by atoms with Crippen LogP contribution < -0.4 is 0 Å². The zero-order valence-electron chi connectivity index (χ0n) is 7.50. The van der Waals surface area contributed by atoms with Crippen LogP contribution in [0.1, 0.15) is 0 Å². The van der Waals surface area contributed by atoms with Crippen molar-refractivity contribution in [2.45, 2.75) is 0 Å². The normalized spacial score (nSPS) is 10.3. The van der Waals surface area contributed by atoms with E-state index in [9.17, 15) is 8.78 Å². The molecule has 1 aromatic carbocycles. The number of benzene rings is 1. The van der Waals surface area contributed by atoms with Crippen LogP contribution in [-0.2, 0) is 0 Å². The standard InChI is InChI=1S/C10H6F2N2S/c11-7-2-1-3-8(12)10(7)6-4-9(15)14-13-5-6/h1-5H,(H,14,15). The van der Waals surface area contributed by atoms with Gasteiger partial charge in [0.2, 0.25) is 0 Å². The second kappa shape index (κ2) is 3.86. The Hall–Kier alpha value is -1.62. The van der Waals surface area contributed by atoms with E-state index in [2.05, 4.69) is 10.2 Å². The molecule has 2 rings (SSSR count). The lowest BCUT2D eigenvalue weighted by molar-refractivity contribution is 0.589. The number of H-pyrrole nitrogens is 1. The number of nitrogens with zero attached hydrogens (tertiary/aromatic N) is 1. The van der Waals surface area contributed by atoms with Gasteiger partial charge in [-0.05, 0) is 18.2 Å². The first-order valence-corrected chi connectivity index (χ1v) is 4.58. The highest BCUT2D eigenvalue weighted by Crippen LogP contribution is 2.24. The summed E-state index contributed by atoms with van der Waals surface area (Å²) in [4.78, 5) is 0. The van der Waals surface area contributed by atoms with E-state index in [1.165, 1.54) is 30.5 Å². The molecule has 0 aliphatic carbocycles. The SMILES string of the molecule is Fc1cccc(F)c1-c1cn[nH]c(=S)c1. The molecule has 0 atom stereocenters. The van der Waals surface area contributed by atoms with Crippen LogP contribution in [0.2, 0.25) is 0 Å². The van der Waals surface area contributed by atoms with Crippen molar-refractivity contribution in [3.63, 3.8) is 0 Å². The summed E-state index contributed by atoms with van der Waals surface area (Å²) >= 11 is 4.82. The van der Waals surface area contributed by atoms with Gasteiger partial charge in [-0.1, -0.05) is 18.3 Å². The van der Waals surface area contributed by atoms with E-state index in [0.717, 1.165) is 0 Å². The van der Waals surface area contributed by atoms with E-state index in [-0.39, 0.29) is 5.56 Å². The molecule has 2 nitrogen and oxygen atoms in total. The summed E-state index contributed by atoms with van der Waals surface area (Å²) in [6, 6.07) is 5.16. The molecule has 0 aliphatic heterocycles. The molecule has 0 amide bonds. The van der Waals surface area contributed by atoms with E-state index < -0.39 is 11.6 Å². The highest BCUT2D eigenvalue weighted by molar-refractivity contribution is 7.71. The highest BCUT2D eigenvalue weighted by Gasteiger charge is 2.10. The molecule has 0 unspecified atom stereocenters. The van der Waals surface area contributed by atoms with Gasteiger partial charge in [0, 0.05) is 5.56 Å². The second-order valence-corrected chi connectivity index (χ2v) is 3.37. The molecule has 0 saturated heterocycles. The molecule has 0 fully saturated rings. The molecule has 1 N–H and O–H groups in total. The van der Waals surface area contributed by atoms with Crippen molar-refractivity contribution in [2.24, 2.45) is 0 Å². The van der Waals surface area contributed by atoms with Gasteiger partial charge >= 0.3 is 0 Å². The summed E-state index contributed by atoms with van der Waals surface area (Å²) in [5, 5.41) is 6.18. The number of halogens is 2. The minimum Gasteiger partial charge on any atom is -0.268 e. The zero-order chi connectivity index (χ0) is 10.8. The van der Waals surface area contributed by atoms with Crippen LogP contribution in [0, 0.1) is 16.3 Å². The minimum atomic E-state index is -0.627. The third-order valence-electron chi connectivity index (χ3n) is 1.92. The van der Waals surface area contributed by atoms with E-state index >= 15 is 0 Å². The zero-order valence-corrected chi connectivity index (χ0v) is 8.31. The van der Waals surface area contributed by atoms with Gasteiger partial charge < -0.3 is 0 Å². The van der Waals surface area contributed by atoms with Gasteiger partial charge in [0.1, 0.15) is 16.3 Å². The Morgan fingerprint density at radius 1 is 1.20 bits per heavy atom. The number of aromatic nitrogens is 2. The lowest BCUT2D eigenvalue weighted by atomic mass is 10.1. The van der Waals surface area contributed by atoms with Gasteiger partial charge in [-0.3, -0.25) is 5.10 Å². The average molecular weight is 224 g/mol. The Balaban J connectivity index is 2.69. The van der Waals surface area contributed by atoms with Crippen molar-refractivity contribution in [1.29, 1.82) is 0 Å². The average Bonchev–Trinajstić information content (AvgIpc) is 2.17. The summed E-state index contributed by atoms with van der Waals surface area (Å²) in [5.74, 6) is -1.25. The first-order valence-electron chi connectivity index (χ1n) is 4.17. The fraction of sp³-hybridized carbons (Fsp3) is 0. The van der Waals surface area contributed by atoms with Gasteiger partial charge in [0.25, 0.3) is 0 Å². The maximum Gasteiger partial charge on any atom is 0.134 e. The maximum absolute atomic E-state index is 13.4. The third-order valence-corrected chi connectivity index (χ3v) is 2.13. The molecule has 1 aromatic heterocycles. The highest BCUT2D eigenvalue weighted by atomic mass is 32.1. The number of aromatic amines is 1. The topological polar surface area (TPSA) is 28.7 Å². The van der Waals surface area contributed by atoms with Gasteiger partial charge in [-0.2, -0.15) is 5.10 Å². The van der Waals surface area contributed by atoms with E-state index in [4.69, 9.17) is 12.2 Å². The van der Waals surface area contributed by atoms with Crippen LogP contribution in [0.25, 0.3) is 11.1 Å². The van der Waals surface area contributed by atoms with Gasteiger partial charge in [-0.15, -0.1) is 0 Å². The van der Waals surface area contributed by atoms with Crippen LogP contribution >= 0.6 is 12.2 Å². The summed E-state index contributed by atoms with van der Waals surface area (Å²) in [6.07, 6.45) is 1.33. The van der Waals surface area contributed by atoms with Crippen molar-refractivity contribution in [3.05, 3.63) is 46.7 Å². The first-order chi connectivity index (χ1) is 7.18. The van der Waals surface area contributed by atoms with E-state index in [0.29, 0.717) is 10.2 Å². The number of nitrogens with one attached hydrogen (secondary N) is 1. The molecule has 15 heavy (non-hydrogen) atoms. The van der Waals surface area contributed by atoms with Crippen molar-refractivity contribution in [2.75, 3.05) is 0 Å². The first kappa shape index (κ1) is 9.92. The molecule has 0 spiro atoms. The van der Waals surface area contributed by atoms with Gasteiger partial charge in [-0.25, -0.2) is 8.78 Å². The van der Waals surface area contributed by atoms with Gasteiger partial charge in [0.15, 0.2) is 0 Å². The Morgan fingerprint density at radius 2 is 1.87 bits per heavy atom. The van der Waals surface area contributed by atoms with Crippen molar-refractivity contribution >= 4 is 12.2 Å². The Morgan fingerprint density at radius 3 is 2.47 bits per heavy atom. The van der Waals surface area contributed by atoms with Crippen molar-refractivity contribution < 1.29 is 8.78 Å². The third kappa shape index (κ3) is 1.92. The molecule has 76 valence electrons. The Bertz CT molecular complexity index is 531. The minimum absolute atomic E-state index is 0.106. The summed E-state index contributed by atoms with van der Waals surface area (Å²) in [5.41, 5.74) is 0.222. The number of hydrogen-bond donors (Lipinski definition) is 1. The van der Waals surface area contributed by atoms with E-state index in [1.54, 1.807) is 0 Å². The molecule has 2 aromatic rings. The van der Waals surface area contributed by atoms with Crippen LogP contribution in [0.15, 0.2) is 30.5 Å². The summed E-state index contributed by atoms with van der Waals surface area (Å²) < 4.78 is 27.0. The largest absolute Gasteiger partial charge is 0.268 e. The Kier molecular flexibility index (Phi) is 2.55. The van der Waals surface area contributed by atoms with Crippen molar-refractivity contribution in [3.8, 4) is 11.1 Å². The maximum atomic E-state index is 13.4. The fourth-order valence-corrected chi connectivity index (χ4v) is 1.47. The van der Waals surface area contributed by atoms with Crippen LogP contribution in [0.5, 0.6) is 0 Å². The lowest BCUT2D eigenvalue weighted by Gasteiger charge is -2.03. The molecule has 1 heterocycles. The smallest absolute Gasteiger partial charge is 0.134 e. The molecule has 0 aliphatic rings. The number of rotatable bonds is 1. The molecular weight excluding hydrogens is 218 g/mol. The molecule has 0 radical (unpaired) electrons. The fourth-order valence-electron chi connectivity index (χ4n) is 1.29. The molecule has 0 bridgehead atoms. The van der Waals surface area contributed by atoms with E-state index in [1.807, 2.05) is 0 Å². The monoisotopic (exact) mass is 224 g/mol. The summed E-state index contributed by atoms with van der Waals surface area (Å²) in [6.45, 7) is 0. The van der Waals surface area contributed by atoms with Crippen LogP contribution in [0.4, 0.5) is 8.78 Å². The second-order valence-electron chi connectivity index (χ2n) is 2.93. The molecule has 0 saturated carbocycles. The molecular formula is C10H6F2N2S. The van der Waals surface area contributed by atoms with Crippen LogP contribution in [-0.4, -0.2) is 10.2 Å². The van der Waals surface area contributed by atoms with Gasteiger partial charge in [0.05, 0.1) is 11.8 Å². The number of hydrogen-bond acceptors (Lipinski definition) is 2. The molecule has 5 heteroatoms. The Labute approximate surface area is 89.6 Å². The van der Waals surface area contributed by atoms with Crippen molar-refractivity contribution in [1.82, 2.24) is 10.2 Å². The quantitative estimate of drug-likeness (QED) is 0.754.